The third-order valence-electron chi connectivity index (χ3n) is 3.58. The van der Waals surface area contributed by atoms with Crippen molar-refractivity contribution >= 4 is 17.9 Å². The van der Waals surface area contributed by atoms with E-state index in [1.54, 1.807) is 14.0 Å². The fraction of sp³-hybridized carbons (Fsp3) is 0.750. The number of aliphatic hydroxyl groups is 1. The summed E-state index contributed by atoms with van der Waals surface area (Å²) in [5.74, 6) is -1.54. The van der Waals surface area contributed by atoms with Crippen molar-refractivity contribution in [2.45, 2.75) is 25.9 Å². The van der Waals surface area contributed by atoms with Crippen LogP contribution in [0.5, 0.6) is 0 Å². The molecule has 1 heterocycles. The van der Waals surface area contributed by atoms with E-state index >= 15 is 0 Å². The average Bonchev–Trinajstić information content (AvgIpc) is 2.79. The molecular weight excluding hydrogens is 266 g/mol. The zero-order valence-electron chi connectivity index (χ0n) is 11.9. The Bertz CT molecular complexity index is 423. The first-order valence-corrected chi connectivity index (χ1v) is 6.33. The Morgan fingerprint density at radius 3 is 2.50 bits per heavy atom. The molecule has 1 aliphatic rings. The summed E-state index contributed by atoms with van der Waals surface area (Å²) in [6.07, 6.45) is 0.537. The molecule has 114 valence electrons. The highest BCUT2D eigenvalue weighted by molar-refractivity contribution is 5.84. The molecule has 0 aliphatic carbocycles. The molecule has 4 N–H and O–H groups in total. The molecule has 1 aliphatic heterocycles. The predicted octanol–water partition coefficient (Wildman–Crippen LogP) is -1.01. The Morgan fingerprint density at radius 2 is 2.00 bits per heavy atom. The van der Waals surface area contributed by atoms with Gasteiger partial charge < -0.3 is 25.7 Å². The Hall–Kier alpha value is -1.83. The van der Waals surface area contributed by atoms with Crippen LogP contribution in [0.15, 0.2) is 0 Å². The highest BCUT2D eigenvalue weighted by Crippen LogP contribution is 2.29. The van der Waals surface area contributed by atoms with E-state index in [2.05, 4.69) is 10.6 Å². The normalized spacial score (nSPS) is 24.9. The molecule has 2 unspecified atom stereocenters. The molecule has 1 saturated heterocycles. The van der Waals surface area contributed by atoms with Gasteiger partial charge in [-0.3, -0.25) is 4.79 Å². The van der Waals surface area contributed by atoms with Gasteiger partial charge in [-0.2, -0.15) is 0 Å². The predicted molar refractivity (Wildman–Crippen MR) is 70.0 cm³/mol. The van der Waals surface area contributed by atoms with Crippen molar-refractivity contribution in [3.05, 3.63) is 0 Å². The molecule has 1 fully saturated rings. The molecule has 20 heavy (non-hydrogen) atoms. The molecule has 8 nitrogen and oxygen atoms in total. The van der Waals surface area contributed by atoms with E-state index in [9.17, 15) is 19.5 Å². The van der Waals surface area contributed by atoms with Gasteiger partial charge in [0.2, 0.25) is 5.91 Å². The molecule has 0 aromatic rings. The van der Waals surface area contributed by atoms with Crippen LogP contribution < -0.4 is 10.6 Å². The average molecular weight is 287 g/mol. The topological polar surface area (TPSA) is 119 Å². The smallest absolute Gasteiger partial charge is 0.337 e. The van der Waals surface area contributed by atoms with Crippen LogP contribution in [0.1, 0.15) is 20.3 Å². The molecule has 0 aromatic carbocycles. The van der Waals surface area contributed by atoms with Crippen LogP contribution in [0.2, 0.25) is 0 Å². The molecule has 0 aromatic heterocycles. The van der Waals surface area contributed by atoms with Crippen LogP contribution in [0.25, 0.3) is 0 Å². The van der Waals surface area contributed by atoms with E-state index in [0.717, 1.165) is 6.92 Å². The van der Waals surface area contributed by atoms with Gasteiger partial charge in [0.15, 0.2) is 5.60 Å². The zero-order valence-corrected chi connectivity index (χ0v) is 11.9. The Kier molecular flexibility index (Phi) is 4.59. The second kappa shape index (κ2) is 5.66. The van der Waals surface area contributed by atoms with Gasteiger partial charge >= 0.3 is 12.0 Å². The van der Waals surface area contributed by atoms with Crippen molar-refractivity contribution in [1.82, 2.24) is 15.5 Å². The van der Waals surface area contributed by atoms with Gasteiger partial charge in [-0.05, 0) is 20.3 Å². The van der Waals surface area contributed by atoms with Gasteiger partial charge in [-0.25, -0.2) is 9.59 Å². The van der Waals surface area contributed by atoms with Crippen molar-refractivity contribution in [3.63, 3.8) is 0 Å². The third-order valence-corrected chi connectivity index (χ3v) is 3.58. The molecule has 0 spiro atoms. The summed E-state index contributed by atoms with van der Waals surface area (Å²) in [4.78, 5) is 35.8. The Balaban J connectivity index is 2.55. The highest BCUT2D eigenvalue weighted by Gasteiger charge is 2.42. The van der Waals surface area contributed by atoms with Crippen molar-refractivity contribution in [2.24, 2.45) is 5.41 Å². The SMILES string of the molecule is CNC(=O)C1(C)CCN(C(=O)NCC(C)(O)C(=O)O)C1. The molecule has 1 rings (SSSR count). The summed E-state index contributed by atoms with van der Waals surface area (Å²) >= 11 is 0. The quantitative estimate of drug-likeness (QED) is 0.528. The molecule has 3 amide bonds. The van der Waals surface area contributed by atoms with Crippen LogP contribution in [0.3, 0.4) is 0 Å². The highest BCUT2D eigenvalue weighted by atomic mass is 16.4. The fourth-order valence-corrected chi connectivity index (χ4v) is 2.06. The first-order chi connectivity index (χ1) is 9.12. The number of carbonyl (C=O) groups excluding carboxylic acids is 2. The van der Waals surface area contributed by atoms with Crippen LogP contribution in [0, 0.1) is 5.41 Å². The zero-order chi connectivity index (χ0) is 15.6. The van der Waals surface area contributed by atoms with Gasteiger partial charge in [0, 0.05) is 20.1 Å². The van der Waals surface area contributed by atoms with Crippen molar-refractivity contribution in [2.75, 3.05) is 26.7 Å². The number of aliphatic carboxylic acids is 1. The lowest BCUT2D eigenvalue weighted by molar-refractivity contribution is -0.155. The largest absolute Gasteiger partial charge is 0.479 e. The third kappa shape index (κ3) is 3.38. The number of hydrogen-bond acceptors (Lipinski definition) is 4. The standard InChI is InChI=1S/C12H21N3O5/c1-11(8(16)13-3)4-5-15(7-11)10(19)14-6-12(2,20)9(17)18/h20H,4-7H2,1-3H3,(H,13,16)(H,14,19)(H,17,18). The second-order valence-electron chi connectivity index (χ2n) is 5.55. The van der Waals surface area contributed by atoms with Crippen LogP contribution in [-0.2, 0) is 9.59 Å². The number of urea groups is 1. The molecule has 0 bridgehead atoms. The lowest BCUT2D eigenvalue weighted by Crippen LogP contribution is -2.50. The summed E-state index contributed by atoms with van der Waals surface area (Å²) in [6.45, 7) is 3.15. The molecule has 0 radical (unpaired) electrons. The maximum absolute atomic E-state index is 11.9. The second-order valence-corrected chi connectivity index (χ2v) is 5.55. The van der Waals surface area contributed by atoms with Crippen LogP contribution in [-0.4, -0.2) is 65.3 Å². The number of carboxylic acid groups (broad SMARTS) is 1. The van der Waals surface area contributed by atoms with Crippen LogP contribution >= 0.6 is 0 Å². The summed E-state index contributed by atoms with van der Waals surface area (Å²) < 4.78 is 0. The summed E-state index contributed by atoms with van der Waals surface area (Å²) in [6, 6.07) is -0.487. The minimum Gasteiger partial charge on any atom is -0.479 e. The molecule has 0 saturated carbocycles. The van der Waals surface area contributed by atoms with E-state index in [0.29, 0.717) is 13.0 Å². The molecular formula is C12H21N3O5. The summed E-state index contributed by atoms with van der Waals surface area (Å²) in [5, 5.41) is 23.2. The number of carboxylic acids is 1. The first-order valence-electron chi connectivity index (χ1n) is 6.33. The van der Waals surface area contributed by atoms with E-state index in [-0.39, 0.29) is 12.5 Å². The van der Waals surface area contributed by atoms with Crippen molar-refractivity contribution in [3.8, 4) is 0 Å². The number of rotatable bonds is 4. The summed E-state index contributed by atoms with van der Waals surface area (Å²) in [5.41, 5.74) is -2.65. The van der Waals surface area contributed by atoms with E-state index in [1.807, 2.05) is 0 Å². The maximum atomic E-state index is 11.9. The van der Waals surface area contributed by atoms with Gasteiger partial charge in [-0.1, -0.05) is 0 Å². The number of nitrogens with zero attached hydrogens (tertiary/aromatic N) is 1. The number of likely N-dealkylation sites (tertiary alicyclic amines) is 1. The van der Waals surface area contributed by atoms with Crippen LogP contribution in [0.4, 0.5) is 4.79 Å². The van der Waals surface area contributed by atoms with E-state index in [4.69, 9.17) is 5.11 Å². The van der Waals surface area contributed by atoms with Gasteiger partial charge in [-0.15, -0.1) is 0 Å². The van der Waals surface area contributed by atoms with E-state index < -0.39 is 29.6 Å². The van der Waals surface area contributed by atoms with E-state index in [1.165, 1.54) is 4.90 Å². The van der Waals surface area contributed by atoms with Gasteiger partial charge in [0.1, 0.15) is 0 Å². The number of hydrogen-bond donors (Lipinski definition) is 4. The molecule has 2 atom stereocenters. The lowest BCUT2D eigenvalue weighted by Gasteiger charge is -2.24. The maximum Gasteiger partial charge on any atom is 0.337 e. The first kappa shape index (κ1) is 16.2. The molecule has 8 heteroatoms. The number of nitrogens with one attached hydrogen (secondary N) is 2. The Labute approximate surface area is 117 Å². The van der Waals surface area contributed by atoms with Gasteiger partial charge in [0.25, 0.3) is 0 Å². The monoisotopic (exact) mass is 287 g/mol. The Morgan fingerprint density at radius 1 is 1.40 bits per heavy atom. The minimum atomic E-state index is -2.01. The van der Waals surface area contributed by atoms with Gasteiger partial charge in [0.05, 0.1) is 12.0 Å². The fourth-order valence-electron chi connectivity index (χ4n) is 2.06. The minimum absolute atomic E-state index is 0.134. The number of carbonyl (C=O) groups is 3. The lowest BCUT2D eigenvalue weighted by atomic mass is 9.89. The van der Waals surface area contributed by atoms with Crippen molar-refractivity contribution < 1.29 is 24.6 Å². The van der Waals surface area contributed by atoms with Crippen molar-refractivity contribution in [1.29, 1.82) is 0 Å². The summed E-state index contributed by atoms with van der Waals surface area (Å²) in [7, 11) is 1.54. The number of amides is 3.